The van der Waals surface area contributed by atoms with Crippen molar-refractivity contribution >= 4 is 55.7 Å². The van der Waals surface area contributed by atoms with Crippen LogP contribution in [-0.4, -0.2) is 44.8 Å². The monoisotopic (exact) mass is 493 g/mol. The first-order valence-electron chi connectivity index (χ1n) is 11.5. The zero-order chi connectivity index (χ0) is 23.8. The van der Waals surface area contributed by atoms with E-state index in [0.717, 1.165) is 41.0 Å². The lowest BCUT2D eigenvalue weighted by atomic mass is 9.98. The zero-order valence-electron chi connectivity index (χ0n) is 19.4. The summed E-state index contributed by atoms with van der Waals surface area (Å²) in [5.41, 5.74) is 7.84. The summed E-state index contributed by atoms with van der Waals surface area (Å²) in [4.78, 5) is 27.4. The van der Waals surface area contributed by atoms with E-state index in [1.165, 1.54) is 21.3 Å². The molecule has 1 aliphatic rings. The maximum atomic E-state index is 13.4. The molecule has 0 radical (unpaired) electrons. The predicted molar refractivity (Wildman–Crippen MR) is 140 cm³/mol. The second kappa shape index (κ2) is 9.49. The number of nitrogen functional groups attached to an aromatic ring is 1. The maximum absolute atomic E-state index is 13.4. The van der Waals surface area contributed by atoms with Crippen molar-refractivity contribution in [1.82, 2.24) is 19.8 Å². The number of fused-ring (bicyclic) bond motifs is 2. The van der Waals surface area contributed by atoms with Gasteiger partial charge in [-0.05, 0) is 53.6 Å². The largest absolute Gasteiger partial charge is 0.383 e. The van der Waals surface area contributed by atoms with Gasteiger partial charge in [-0.2, -0.15) is 0 Å². The van der Waals surface area contributed by atoms with Crippen molar-refractivity contribution < 1.29 is 4.79 Å². The quantitative estimate of drug-likeness (QED) is 0.392. The summed E-state index contributed by atoms with van der Waals surface area (Å²) in [6, 6.07) is 14.4. The van der Waals surface area contributed by atoms with Crippen LogP contribution in [0.5, 0.6) is 0 Å². The lowest BCUT2D eigenvalue weighted by molar-refractivity contribution is -0.141. The summed E-state index contributed by atoms with van der Waals surface area (Å²) in [5, 5.41) is 2.80. The molecule has 2 N–H and O–H groups in total. The van der Waals surface area contributed by atoms with Crippen LogP contribution < -0.4 is 5.73 Å². The lowest BCUT2D eigenvalue weighted by Crippen LogP contribution is -2.55. The third-order valence-electron chi connectivity index (χ3n) is 6.33. The third-order valence-corrected chi connectivity index (χ3v) is 7.65. The number of halogens is 1. The third kappa shape index (κ3) is 4.87. The molecule has 34 heavy (non-hydrogen) atoms. The molecule has 6 nitrogen and oxygen atoms in total. The second-order valence-electron chi connectivity index (χ2n) is 9.48. The predicted octanol–water partition coefficient (Wildman–Crippen LogP) is 5.34. The molecule has 8 heteroatoms. The number of thiophene rings is 1. The van der Waals surface area contributed by atoms with Crippen LogP contribution in [0.2, 0.25) is 5.02 Å². The molecule has 1 aliphatic heterocycles. The van der Waals surface area contributed by atoms with Crippen LogP contribution in [0.15, 0.2) is 48.8 Å². The van der Waals surface area contributed by atoms with E-state index >= 15 is 0 Å². The first-order chi connectivity index (χ1) is 16.4. The van der Waals surface area contributed by atoms with Crippen molar-refractivity contribution in [3.05, 3.63) is 64.3 Å². The number of anilines is 1. The summed E-state index contributed by atoms with van der Waals surface area (Å²) in [7, 11) is 0. The first kappa shape index (κ1) is 23.0. The van der Waals surface area contributed by atoms with Crippen molar-refractivity contribution in [2.45, 2.75) is 39.4 Å². The number of rotatable bonds is 6. The van der Waals surface area contributed by atoms with Gasteiger partial charge in [-0.3, -0.25) is 9.69 Å². The van der Waals surface area contributed by atoms with E-state index in [2.05, 4.69) is 40.8 Å². The molecule has 0 saturated carbocycles. The zero-order valence-corrected chi connectivity index (χ0v) is 20.9. The van der Waals surface area contributed by atoms with Crippen molar-refractivity contribution in [1.29, 1.82) is 0 Å². The van der Waals surface area contributed by atoms with E-state index in [9.17, 15) is 4.79 Å². The SMILES string of the molecule is CC(C)CC1CN(Cc2cc3ccc(Cl)cc3s2)CC(=O)N1Cc1ccc2c(N)ncnc2c1. The van der Waals surface area contributed by atoms with Crippen LogP contribution >= 0.6 is 22.9 Å². The van der Waals surface area contributed by atoms with E-state index in [1.54, 1.807) is 11.3 Å². The molecule has 0 aliphatic carbocycles. The molecular formula is C26H28ClN5OS. The number of hydrogen-bond acceptors (Lipinski definition) is 6. The van der Waals surface area contributed by atoms with Crippen molar-refractivity contribution in [3.63, 3.8) is 0 Å². The van der Waals surface area contributed by atoms with Crippen LogP contribution in [0.1, 0.15) is 30.7 Å². The minimum atomic E-state index is 0.163. The summed E-state index contributed by atoms with van der Waals surface area (Å²) >= 11 is 7.92. The fourth-order valence-corrected chi connectivity index (χ4v) is 6.19. The standard InChI is InChI=1S/C26H28ClN5OS/c1-16(2)7-20-12-31(13-21-9-18-4-5-19(27)10-24(18)34-21)14-25(33)32(20)11-17-3-6-22-23(8-17)29-15-30-26(22)28/h3-6,8-10,15-16,20H,7,11-14H2,1-2H3,(H2,28,29,30). The Balaban J connectivity index is 1.35. The molecule has 2 aromatic carbocycles. The average molecular weight is 494 g/mol. The minimum Gasteiger partial charge on any atom is -0.383 e. The molecule has 1 fully saturated rings. The lowest BCUT2D eigenvalue weighted by Gasteiger charge is -2.42. The first-order valence-corrected chi connectivity index (χ1v) is 12.7. The Morgan fingerprint density at radius 1 is 1.15 bits per heavy atom. The van der Waals surface area contributed by atoms with Gasteiger partial charge in [-0.15, -0.1) is 11.3 Å². The fraction of sp³-hybridized carbons (Fsp3) is 0.346. The minimum absolute atomic E-state index is 0.163. The summed E-state index contributed by atoms with van der Waals surface area (Å²) in [5.74, 6) is 1.14. The number of amides is 1. The summed E-state index contributed by atoms with van der Waals surface area (Å²) < 4.78 is 1.19. The van der Waals surface area contributed by atoms with Crippen molar-refractivity contribution in [3.8, 4) is 0 Å². The van der Waals surface area contributed by atoms with Gasteiger partial charge in [0.25, 0.3) is 0 Å². The maximum Gasteiger partial charge on any atom is 0.237 e. The molecule has 1 unspecified atom stereocenters. The van der Waals surface area contributed by atoms with Crippen LogP contribution in [-0.2, 0) is 17.9 Å². The average Bonchev–Trinajstić information content (AvgIpc) is 3.17. The Hall–Kier alpha value is -2.74. The van der Waals surface area contributed by atoms with E-state index < -0.39 is 0 Å². The van der Waals surface area contributed by atoms with Gasteiger partial charge >= 0.3 is 0 Å². The highest BCUT2D eigenvalue weighted by atomic mass is 35.5. The number of benzene rings is 2. The van der Waals surface area contributed by atoms with E-state index in [0.29, 0.717) is 24.8 Å². The molecule has 1 atom stereocenters. The highest BCUT2D eigenvalue weighted by Gasteiger charge is 2.33. The molecule has 2 aromatic heterocycles. The van der Waals surface area contributed by atoms with Gasteiger partial charge in [0.05, 0.1) is 12.1 Å². The Bertz CT molecular complexity index is 1350. The van der Waals surface area contributed by atoms with Crippen molar-refractivity contribution in [2.75, 3.05) is 18.8 Å². The van der Waals surface area contributed by atoms with Crippen LogP contribution in [0.25, 0.3) is 21.0 Å². The second-order valence-corrected chi connectivity index (χ2v) is 11.1. The number of hydrogen-bond donors (Lipinski definition) is 1. The summed E-state index contributed by atoms with van der Waals surface area (Å²) in [6.07, 6.45) is 2.45. The number of nitrogens with two attached hydrogens (primary N) is 1. The number of aromatic nitrogens is 2. The van der Waals surface area contributed by atoms with Gasteiger partial charge in [0.15, 0.2) is 0 Å². The number of carbonyl (C=O) groups is 1. The van der Waals surface area contributed by atoms with Gasteiger partial charge < -0.3 is 10.6 Å². The molecule has 0 spiro atoms. The van der Waals surface area contributed by atoms with Crippen LogP contribution in [0.3, 0.4) is 0 Å². The fourth-order valence-electron chi connectivity index (χ4n) is 4.81. The van der Waals surface area contributed by atoms with E-state index in [4.69, 9.17) is 17.3 Å². The molecule has 5 rings (SSSR count). The Morgan fingerprint density at radius 2 is 2.00 bits per heavy atom. The Morgan fingerprint density at radius 3 is 2.82 bits per heavy atom. The van der Waals surface area contributed by atoms with E-state index in [1.807, 2.05) is 35.2 Å². The molecule has 4 aromatic rings. The number of nitrogens with zero attached hydrogens (tertiary/aromatic N) is 4. The Labute approximate surface area is 208 Å². The number of carbonyl (C=O) groups excluding carboxylic acids is 1. The summed E-state index contributed by atoms with van der Waals surface area (Å²) in [6.45, 7) is 7.07. The van der Waals surface area contributed by atoms with Gasteiger partial charge in [0, 0.05) is 45.7 Å². The molecule has 0 bridgehead atoms. The molecule has 1 saturated heterocycles. The smallest absolute Gasteiger partial charge is 0.237 e. The van der Waals surface area contributed by atoms with Crippen LogP contribution in [0, 0.1) is 5.92 Å². The topological polar surface area (TPSA) is 75.4 Å². The number of piperazine rings is 1. The highest BCUT2D eigenvalue weighted by Crippen LogP contribution is 2.30. The van der Waals surface area contributed by atoms with Crippen LogP contribution in [0.4, 0.5) is 5.82 Å². The van der Waals surface area contributed by atoms with Crippen molar-refractivity contribution in [2.24, 2.45) is 5.92 Å². The van der Waals surface area contributed by atoms with Gasteiger partial charge in [-0.1, -0.05) is 37.6 Å². The highest BCUT2D eigenvalue weighted by molar-refractivity contribution is 7.19. The normalized spacial score (nSPS) is 17.4. The molecule has 3 heterocycles. The van der Waals surface area contributed by atoms with Gasteiger partial charge in [-0.25, -0.2) is 9.97 Å². The Kier molecular flexibility index (Phi) is 6.42. The van der Waals surface area contributed by atoms with Gasteiger partial charge in [0.2, 0.25) is 5.91 Å². The molecule has 1 amide bonds. The molecular weight excluding hydrogens is 466 g/mol. The molecule has 176 valence electrons. The van der Waals surface area contributed by atoms with E-state index in [-0.39, 0.29) is 11.9 Å². The van der Waals surface area contributed by atoms with Gasteiger partial charge in [0.1, 0.15) is 12.1 Å².